The van der Waals surface area contributed by atoms with Gasteiger partial charge in [-0.25, -0.2) is 0 Å². The van der Waals surface area contributed by atoms with Crippen molar-refractivity contribution in [2.45, 2.75) is 46.1 Å². The van der Waals surface area contributed by atoms with Crippen LogP contribution < -0.4 is 5.32 Å². The van der Waals surface area contributed by atoms with Crippen LogP contribution in [0.1, 0.15) is 39.7 Å². The molecule has 0 bridgehead atoms. The molecule has 1 fully saturated rings. The maximum Gasteiger partial charge on any atom is 0.229 e. The molecule has 0 spiro atoms. The second-order valence-electron chi connectivity index (χ2n) is 6.58. The molecule has 2 amide bonds. The Morgan fingerprint density at radius 1 is 1.33 bits per heavy atom. The van der Waals surface area contributed by atoms with Crippen molar-refractivity contribution in [1.29, 1.82) is 0 Å². The third kappa shape index (κ3) is 3.43. The molecule has 4 heteroatoms. The van der Waals surface area contributed by atoms with Crippen molar-refractivity contribution >= 4 is 17.5 Å². The van der Waals surface area contributed by atoms with Crippen molar-refractivity contribution in [3.63, 3.8) is 0 Å². The van der Waals surface area contributed by atoms with Gasteiger partial charge in [-0.15, -0.1) is 0 Å². The molecule has 21 heavy (non-hydrogen) atoms. The summed E-state index contributed by atoms with van der Waals surface area (Å²) in [6.07, 6.45) is 1.17. The van der Waals surface area contributed by atoms with Crippen LogP contribution in [-0.2, 0) is 16.0 Å². The van der Waals surface area contributed by atoms with E-state index < -0.39 is 0 Å². The van der Waals surface area contributed by atoms with Gasteiger partial charge in [0.2, 0.25) is 11.8 Å². The number of anilines is 1. The molecular formula is C17H24N2O2. The number of rotatable bonds is 3. The molecule has 1 aliphatic heterocycles. The molecule has 1 aromatic carbocycles. The largest absolute Gasteiger partial charge is 0.337 e. The van der Waals surface area contributed by atoms with E-state index >= 15 is 0 Å². The molecular weight excluding hydrogens is 264 g/mol. The average molecular weight is 288 g/mol. The van der Waals surface area contributed by atoms with Crippen LogP contribution in [0, 0.1) is 5.92 Å². The van der Waals surface area contributed by atoms with Gasteiger partial charge in [-0.1, -0.05) is 25.1 Å². The number of hydrogen-bond donors (Lipinski definition) is 1. The Morgan fingerprint density at radius 3 is 2.57 bits per heavy atom. The topological polar surface area (TPSA) is 49.4 Å². The molecule has 4 nitrogen and oxygen atoms in total. The zero-order valence-corrected chi connectivity index (χ0v) is 13.3. The number of para-hydroxylation sites is 1. The highest BCUT2D eigenvalue weighted by atomic mass is 16.2. The molecule has 0 aliphatic carbocycles. The summed E-state index contributed by atoms with van der Waals surface area (Å²) in [5, 5.41) is 2.98. The SMILES string of the molecule is CCc1ccccc1NC(=O)C1CC(=O)N(C(C)(C)C)C1. The Balaban J connectivity index is 2.07. The van der Waals surface area contributed by atoms with Crippen LogP contribution in [0.5, 0.6) is 0 Å². The normalized spacial score (nSPS) is 19.0. The number of hydrogen-bond acceptors (Lipinski definition) is 2. The monoisotopic (exact) mass is 288 g/mol. The molecule has 114 valence electrons. The third-order valence-corrected chi connectivity index (χ3v) is 3.96. The first-order chi connectivity index (χ1) is 9.82. The Hall–Kier alpha value is -1.84. The number of likely N-dealkylation sites (tertiary alicyclic amines) is 1. The van der Waals surface area contributed by atoms with Gasteiger partial charge in [-0.2, -0.15) is 0 Å². The van der Waals surface area contributed by atoms with Crippen molar-refractivity contribution in [3.05, 3.63) is 29.8 Å². The van der Waals surface area contributed by atoms with Gasteiger partial charge in [0.15, 0.2) is 0 Å². The molecule has 1 unspecified atom stereocenters. The molecule has 0 aromatic heterocycles. The van der Waals surface area contributed by atoms with Gasteiger partial charge in [-0.3, -0.25) is 9.59 Å². The number of carbonyl (C=O) groups excluding carboxylic acids is 2. The average Bonchev–Trinajstić information content (AvgIpc) is 2.81. The van der Waals surface area contributed by atoms with Crippen LogP contribution >= 0.6 is 0 Å². The van der Waals surface area contributed by atoms with Crippen molar-refractivity contribution < 1.29 is 9.59 Å². The summed E-state index contributed by atoms with van der Waals surface area (Å²) in [7, 11) is 0. The maximum absolute atomic E-state index is 12.4. The van der Waals surface area contributed by atoms with Crippen LogP contribution in [0.15, 0.2) is 24.3 Å². The van der Waals surface area contributed by atoms with Crippen molar-refractivity contribution in [3.8, 4) is 0 Å². The summed E-state index contributed by atoms with van der Waals surface area (Å²) in [5.74, 6) is -0.260. The van der Waals surface area contributed by atoms with Gasteiger partial charge in [0, 0.05) is 24.2 Å². The minimum absolute atomic E-state index is 0.0593. The van der Waals surface area contributed by atoms with Crippen LogP contribution in [0.4, 0.5) is 5.69 Å². The van der Waals surface area contributed by atoms with Gasteiger partial charge in [0.25, 0.3) is 0 Å². The lowest BCUT2D eigenvalue weighted by Crippen LogP contribution is -2.42. The van der Waals surface area contributed by atoms with Gasteiger partial charge < -0.3 is 10.2 Å². The fourth-order valence-electron chi connectivity index (χ4n) is 2.72. The van der Waals surface area contributed by atoms with Crippen molar-refractivity contribution in [1.82, 2.24) is 4.90 Å². The lowest BCUT2D eigenvalue weighted by molar-refractivity contribution is -0.131. The second kappa shape index (κ2) is 5.88. The second-order valence-corrected chi connectivity index (χ2v) is 6.58. The first-order valence-electron chi connectivity index (χ1n) is 7.52. The first kappa shape index (κ1) is 15.5. The standard InChI is InChI=1S/C17H24N2O2/c1-5-12-8-6-7-9-14(12)18-16(21)13-10-15(20)19(11-13)17(2,3)4/h6-9,13H,5,10-11H2,1-4H3,(H,18,21). The molecule has 1 N–H and O–H groups in total. The summed E-state index contributed by atoms with van der Waals surface area (Å²) in [6.45, 7) is 8.56. The van der Waals surface area contributed by atoms with Crippen LogP contribution in [0.3, 0.4) is 0 Å². The third-order valence-electron chi connectivity index (χ3n) is 3.96. The predicted octanol–water partition coefficient (Wildman–Crippen LogP) is 2.83. The summed E-state index contributed by atoms with van der Waals surface area (Å²) >= 11 is 0. The smallest absolute Gasteiger partial charge is 0.229 e. The van der Waals surface area contributed by atoms with Gasteiger partial charge in [-0.05, 0) is 38.8 Å². The first-order valence-corrected chi connectivity index (χ1v) is 7.52. The number of carbonyl (C=O) groups is 2. The fraction of sp³-hybridized carbons (Fsp3) is 0.529. The van der Waals surface area contributed by atoms with Crippen LogP contribution in [0.25, 0.3) is 0 Å². The van der Waals surface area contributed by atoms with Crippen LogP contribution in [-0.4, -0.2) is 28.8 Å². The quantitative estimate of drug-likeness (QED) is 0.929. The van der Waals surface area contributed by atoms with E-state index in [2.05, 4.69) is 12.2 Å². The molecule has 1 atom stereocenters. The molecule has 1 heterocycles. The number of nitrogens with one attached hydrogen (secondary N) is 1. The van der Waals surface area contributed by atoms with E-state index in [0.29, 0.717) is 13.0 Å². The number of amides is 2. The van der Waals surface area contributed by atoms with E-state index in [1.165, 1.54) is 0 Å². The molecule has 1 saturated heterocycles. The zero-order chi connectivity index (χ0) is 15.6. The summed E-state index contributed by atoms with van der Waals surface area (Å²) in [6, 6.07) is 7.80. The van der Waals surface area contributed by atoms with Crippen molar-refractivity contribution in [2.24, 2.45) is 5.92 Å². The summed E-state index contributed by atoms with van der Waals surface area (Å²) in [4.78, 5) is 26.3. The fourth-order valence-corrected chi connectivity index (χ4v) is 2.72. The molecule has 0 radical (unpaired) electrons. The molecule has 1 aliphatic rings. The van der Waals surface area contributed by atoms with Crippen molar-refractivity contribution in [2.75, 3.05) is 11.9 Å². The lowest BCUT2D eigenvalue weighted by Gasteiger charge is -2.31. The van der Waals surface area contributed by atoms with E-state index in [9.17, 15) is 9.59 Å². The highest BCUT2D eigenvalue weighted by Crippen LogP contribution is 2.27. The van der Waals surface area contributed by atoms with E-state index in [1.54, 1.807) is 4.90 Å². The Morgan fingerprint density at radius 2 is 2.00 bits per heavy atom. The minimum atomic E-state index is -0.262. The van der Waals surface area contributed by atoms with Gasteiger partial charge in [0.1, 0.15) is 0 Å². The Bertz CT molecular complexity index is 546. The van der Waals surface area contributed by atoms with E-state index in [-0.39, 0.29) is 23.3 Å². The number of benzene rings is 1. The van der Waals surface area contributed by atoms with E-state index in [0.717, 1.165) is 17.7 Å². The molecule has 2 rings (SSSR count). The zero-order valence-electron chi connectivity index (χ0n) is 13.3. The van der Waals surface area contributed by atoms with E-state index in [1.807, 2.05) is 45.0 Å². The van der Waals surface area contributed by atoms with Gasteiger partial charge in [0.05, 0.1) is 5.92 Å². The highest BCUT2D eigenvalue weighted by molar-refractivity contribution is 5.97. The molecule has 0 saturated carbocycles. The summed E-state index contributed by atoms with van der Waals surface area (Å²) < 4.78 is 0. The number of aryl methyl sites for hydroxylation is 1. The predicted molar refractivity (Wildman–Crippen MR) is 84.0 cm³/mol. The molecule has 1 aromatic rings. The maximum atomic E-state index is 12.4. The summed E-state index contributed by atoms with van der Waals surface area (Å²) in [5.41, 5.74) is 1.74. The number of nitrogens with zero attached hydrogens (tertiary/aromatic N) is 1. The Kier molecular flexibility index (Phi) is 4.35. The lowest BCUT2D eigenvalue weighted by atomic mass is 10.1. The van der Waals surface area contributed by atoms with Gasteiger partial charge >= 0.3 is 0 Å². The minimum Gasteiger partial charge on any atom is -0.337 e. The highest BCUT2D eigenvalue weighted by Gasteiger charge is 2.39. The Labute approximate surface area is 126 Å². The van der Waals surface area contributed by atoms with E-state index in [4.69, 9.17) is 0 Å². The van der Waals surface area contributed by atoms with Crippen LogP contribution in [0.2, 0.25) is 0 Å².